The van der Waals surface area contributed by atoms with Crippen molar-refractivity contribution in [2.24, 2.45) is 0 Å². The molecule has 0 spiro atoms. The molecule has 158 valence electrons. The van der Waals surface area contributed by atoms with Crippen LogP contribution in [0.3, 0.4) is 0 Å². The highest BCUT2D eigenvalue weighted by atomic mass is 35.5. The lowest BCUT2D eigenvalue weighted by Crippen LogP contribution is -2.13. The number of rotatable bonds is 4. The summed E-state index contributed by atoms with van der Waals surface area (Å²) in [7, 11) is -3.94. The summed E-state index contributed by atoms with van der Waals surface area (Å²) >= 11 is 6.49. The number of halogens is 2. The van der Waals surface area contributed by atoms with E-state index in [-0.39, 0.29) is 16.4 Å². The molecule has 5 aromatic rings. The smallest absolute Gasteiger partial charge is 0.237 e. The van der Waals surface area contributed by atoms with Crippen molar-refractivity contribution in [1.82, 2.24) is 8.96 Å². The Kier molecular flexibility index (Phi) is 4.84. The van der Waals surface area contributed by atoms with Gasteiger partial charge in [-0.25, -0.2) is 21.8 Å². The van der Waals surface area contributed by atoms with Crippen molar-refractivity contribution >= 4 is 49.1 Å². The summed E-state index contributed by atoms with van der Waals surface area (Å²) in [6.07, 6.45) is 1.47. The monoisotopic (exact) mass is 462 g/mol. The highest BCUT2D eigenvalue weighted by Crippen LogP contribution is 2.37. The Morgan fingerprint density at radius 3 is 2.44 bits per heavy atom. The van der Waals surface area contributed by atoms with Crippen molar-refractivity contribution in [3.05, 3.63) is 114 Å². The first-order valence-electron chi connectivity index (χ1n) is 9.73. The van der Waals surface area contributed by atoms with E-state index in [0.717, 1.165) is 0 Å². The van der Waals surface area contributed by atoms with Crippen LogP contribution in [0.4, 0.5) is 4.39 Å². The molecule has 0 aliphatic carbocycles. The molecule has 2 aromatic heterocycles. The normalized spacial score (nSPS) is 11.8. The maximum absolute atomic E-state index is 14.3. The van der Waals surface area contributed by atoms with Gasteiger partial charge in [0.05, 0.1) is 15.4 Å². The second-order valence-corrected chi connectivity index (χ2v) is 9.46. The van der Waals surface area contributed by atoms with E-state index in [2.05, 4.69) is 11.6 Å². The van der Waals surface area contributed by atoms with Crippen LogP contribution in [0.15, 0.2) is 96.5 Å². The maximum Gasteiger partial charge on any atom is 0.269 e. The molecule has 0 aliphatic rings. The number of hydrogen-bond donors (Lipinski definition) is 0. The minimum Gasteiger partial charge on any atom is -0.237 e. The number of fused-ring (bicyclic) bond motifs is 3. The predicted molar refractivity (Wildman–Crippen MR) is 126 cm³/mol. The second kappa shape index (κ2) is 7.58. The lowest BCUT2D eigenvalue weighted by atomic mass is 9.97. The van der Waals surface area contributed by atoms with E-state index in [9.17, 15) is 12.8 Å². The van der Waals surface area contributed by atoms with Crippen molar-refractivity contribution < 1.29 is 12.8 Å². The van der Waals surface area contributed by atoms with Gasteiger partial charge in [-0.1, -0.05) is 60.6 Å². The van der Waals surface area contributed by atoms with Gasteiger partial charge in [0.2, 0.25) is 0 Å². The third kappa shape index (κ3) is 3.11. The fraction of sp³-hybridized carbons (Fsp3) is 0. The van der Waals surface area contributed by atoms with Crippen LogP contribution >= 0.6 is 11.6 Å². The maximum atomic E-state index is 14.3. The number of hydrogen-bond acceptors (Lipinski definition) is 3. The second-order valence-electron chi connectivity index (χ2n) is 7.26. The zero-order valence-electron chi connectivity index (χ0n) is 16.7. The van der Waals surface area contributed by atoms with E-state index < -0.39 is 10.0 Å². The van der Waals surface area contributed by atoms with Gasteiger partial charge in [0.25, 0.3) is 10.0 Å². The van der Waals surface area contributed by atoms with Gasteiger partial charge < -0.3 is 0 Å². The van der Waals surface area contributed by atoms with Crippen molar-refractivity contribution in [2.75, 3.05) is 0 Å². The third-order valence-electron chi connectivity index (χ3n) is 5.39. The van der Waals surface area contributed by atoms with Crippen LogP contribution in [0.1, 0.15) is 11.1 Å². The van der Waals surface area contributed by atoms with Crippen LogP contribution in [0, 0.1) is 5.82 Å². The molecule has 0 amide bonds. The molecule has 3 aromatic carbocycles. The molecule has 2 heterocycles. The van der Waals surface area contributed by atoms with Crippen molar-refractivity contribution in [1.29, 1.82) is 0 Å². The highest BCUT2D eigenvalue weighted by Gasteiger charge is 2.25. The minimum atomic E-state index is -3.94. The molecule has 5 rings (SSSR count). The lowest BCUT2D eigenvalue weighted by Gasteiger charge is -2.10. The molecular weight excluding hydrogens is 447 g/mol. The number of benzene rings is 3. The standard InChI is InChI=1S/C25H16ClFN2O2S/c1-16(19-9-5-6-10-22(19)27)17-11-12-23-20(15-17)24-21(26)13-14-28-25(24)29(23)32(30,31)18-7-3-2-4-8-18/h2-15H,1H2. The molecule has 0 bridgehead atoms. The van der Waals surface area contributed by atoms with Crippen molar-refractivity contribution in [3.8, 4) is 0 Å². The molecular formula is C25H16ClFN2O2S. The fourth-order valence-corrected chi connectivity index (χ4v) is 5.59. The SMILES string of the molecule is C=C(c1ccc2c(c1)c1c(Cl)ccnc1n2S(=O)(=O)c1ccccc1)c1ccccc1F. The Bertz CT molecular complexity index is 1630. The Balaban J connectivity index is 1.81. The fourth-order valence-electron chi connectivity index (χ4n) is 3.85. The van der Waals surface area contributed by atoms with Crippen molar-refractivity contribution in [2.45, 2.75) is 4.90 Å². The topological polar surface area (TPSA) is 52.0 Å². The first-order valence-corrected chi connectivity index (χ1v) is 11.5. The predicted octanol–water partition coefficient (Wildman–Crippen LogP) is 6.28. The van der Waals surface area contributed by atoms with Crippen LogP contribution < -0.4 is 0 Å². The van der Waals surface area contributed by atoms with E-state index in [4.69, 9.17) is 11.6 Å². The average Bonchev–Trinajstić information content (AvgIpc) is 3.15. The Morgan fingerprint density at radius 1 is 0.969 bits per heavy atom. The summed E-state index contributed by atoms with van der Waals surface area (Å²) < 4.78 is 42.6. The van der Waals surface area contributed by atoms with Crippen LogP contribution in [-0.2, 0) is 10.0 Å². The molecule has 0 unspecified atom stereocenters. The number of aromatic nitrogens is 2. The Labute approximate surface area is 189 Å². The summed E-state index contributed by atoms with van der Waals surface area (Å²) in [4.78, 5) is 4.47. The van der Waals surface area contributed by atoms with Gasteiger partial charge in [0.1, 0.15) is 5.82 Å². The number of pyridine rings is 1. The van der Waals surface area contributed by atoms with E-state index in [1.54, 1.807) is 60.7 Å². The highest BCUT2D eigenvalue weighted by molar-refractivity contribution is 7.90. The zero-order valence-corrected chi connectivity index (χ0v) is 18.2. The minimum absolute atomic E-state index is 0.139. The van der Waals surface area contributed by atoms with Crippen molar-refractivity contribution in [3.63, 3.8) is 0 Å². The molecule has 0 N–H and O–H groups in total. The first-order chi connectivity index (χ1) is 15.4. The first kappa shape index (κ1) is 20.4. The molecule has 0 aliphatic heterocycles. The van der Waals surface area contributed by atoms with E-state index in [0.29, 0.717) is 38.0 Å². The molecule has 0 saturated heterocycles. The van der Waals surface area contributed by atoms with E-state index in [1.807, 2.05) is 0 Å². The van der Waals surface area contributed by atoms with Gasteiger partial charge in [-0.15, -0.1) is 0 Å². The zero-order chi connectivity index (χ0) is 22.5. The largest absolute Gasteiger partial charge is 0.269 e. The van der Waals surface area contributed by atoms with Gasteiger partial charge in [-0.3, -0.25) is 0 Å². The molecule has 0 fully saturated rings. The van der Waals surface area contributed by atoms with Gasteiger partial charge in [0, 0.05) is 22.5 Å². The number of nitrogens with zero attached hydrogens (tertiary/aromatic N) is 2. The van der Waals surface area contributed by atoms with Gasteiger partial charge in [-0.2, -0.15) is 0 Å². The lowest BCUT2D eigenvalue weighted by molar-refractivity contribution is 0.590. The van der Waals surface area contributed by atoms with Crippen LogP contribution in [-0.4, -0.2) is 17.4 Å². The molecule has 7 heteroatoms. The van der Waals surface area contributed by atoms with E-state index >= 15 is 0 Å². The summed E-state index contributed by atoms with van der Waals surface area (Å²) in [5.74, 6) is -0.383. The molecule has 0 saturated carbocycles. The van der Waals surface area contributed by atoms with Crippen LogP contribution in [0.5, 0.6) is 0 Å². The molecule has 0 radical (unpaired) electrons. The average molecular weight is 463 g/mol. The summed E-state index contributed by atoms with van der Waals surface area (Å²) in [5.41, 5.74) is 2.16. The third-order valence-corrected chi connectivity index (χ3v) is 7.42. The molecule has 4 nitrogen and oxygen atoms in total. The van der Waals surface area contributed by atoms with E-state index in [1.165, 1.54) is 28.4 Å². The van der Waals surface area contributed by atoms with Gasteiger partial charge in [-0.05, 0) is 47.5 Å². The quantitative estimate of drug-likeness (QED) is 0.316. The molecule has 32 heavy (non-hydrogen) atoms. The van der Waals surface area contributed by atoms with Crippen LogP contribution in [0.25, 0.3) is 27.5 Å². The molecule has 0 atom stereocenters. The summed E-state index contributed by atoms with van der Waals surface area (Å²) in [5, 5.41) is 1.47. The van der Waals surface area contributed by atoms with Gasteiger partial charge >= 0.3 is 0 Å². The summed E-state index contributed by atoms with van der Waals surface area (Å²) in [6.45, 7) is 4.05. The Morgan fingerprint density at radius 2 is 1.69 bits per heavy atom. The van der Waals surface area contributed by atoms with Crippen LogP contribution in [0.2, 0.25) is 5.02 Å². The van der Waals surface area contributed by atoms with Gasteiger partial charge in [0.15, 0.2) is 5.65 Å². The Hall–Kier alpha value is -3.48. The summed E-state index contributed by atoms with van der Waals surface area (Å²) in [6, 6.07) is 21.3.